The monoisotopic (exact) mass is 473 g/mol. The van der Waals surface area contributed by atoms with Gasteiger partial charge in [-0.1, -0.05) is 30.7 Å². The summed E-state index contributed by atoms with van der Waals surface area (Å²) in [6, 6.07) is 16.4. The molecule has 1 fully saturated rings. The van der Waals surface area contributed by atoms with Crippen molar-refractivity contribution in [1.82, 2.24) is 19.7 Å². The van der Waals surface area contributed by atoms with E-state index in [1.807, 2.05) is 25.4 Å². The van der Waals surface area contributed by atoms with E-state index in [0.29, 0.717) is 29.6 Å². The van der Waals surface area contributed by atoms with Crippen LogP contribution in [0.15, 0.2) is 67.1 Å². The van der Waals surface area contributed by atoms with Gasteiger partial charge in [0.1, 0.15) is 11.3 Å². The third-order valence-electron chi connectivity index (χ3n) is 6.63. The van der Waals surface area contributed by atoms with Crippen LogP contribution in [0.3, 0.4) is 0 Å². The number of hydrogen-bond donors (Lipinski definition) is 1. The highest BCUT2D eigenvalue weighted by molar-refractivity contribution is 6.30. The summed E-state index contributed by atoms with van der Waals surface area (Å²) in [6.07, 6.45) is 8.47. The van der Waals surface area contributed by atoms with E-state index in [4.69, 9.17) is 11.6 Å². The lowest BCUT2D eigenvalue weighted by Gasteiger charge is -2.34. The smallest absolute Gasteiger partial charge is 0.270 e. The second-order valence-electron chi connectivity index (χ2n) is 8.73. The summed E-state index contributed by atoms with van der Waals surface area (Å²) in [4.78, 5) is 24.2. The number of pyridine rings is 2. The molecule has 0 radical (unpaired) electrons. The Morgan fingerprint density at radius 3 is 2.50 bits per heavy atom. The van der Waals surface area contributed by atoms with Gasteiger partial charge >= 0.3 is 0 Å². The molecule has 0 spiro atoms. The highest BCUT2D eigenvalue weighted by Gasteiger charge is 2.21. The number of anilines is 1. The van der Waals surface area contributed by atoms with Gasteiger partial charge in [-0.15, -0.1) is 0 Å². The molecule has 1 saturated heterocycles. The Bertz CT molecular complexity index is 1280. The van der Waals surface area contributed by atoms with E-state index in [0.717, 1.165) is 42.8 Å². The molecule has 1 aliphatic heterocycles. The van der Waals surface area contributed by atoms with Crippen LogP contribution >= 0.6 is 11.6 Å². The second-order valence-corrected chi connectivity index (χ2v) is 9.16. The first-order valence-electron chi connectivity index (χ1n) is 11.8. The minimum Gasteiger partial charge on any atom is -0.371 e. The van der Waals surface area contributed by atoms with Gasteiger partial charge in [0, 0.05) is 43.9 Å². The summed E-state index contributed by atoms with van der Waals surface area (Å²) in [5.41, 5.74) is 5.73. The van der Waals surface area contributed by atoms with Crippen LogP contribution in [0.2, 0.25) is 5.02 Å². The van der Waals surface area contributed by atoms with E-state index in [-0.39, 0.29) is 5.91 Å². The van der Waals surface area contributed by atoms with Crippen molar-refractivity contribution in [2.45, 2.75) is 38.6 Å². The summed E-state index contributed by atoms with van der Waals surface area (Å²) in [6.45, 7) is 4.54. The number of carbonyl (C=O) groups excluding carboxylic acids is 1. The fourth-order valence-corrected chi connectivity index (χ4v) is 4.91. The molecule has 1 aliphatic rings. The molecule has 1 amide bonds. The lowest BCUT2D eigenvalue weighted by molar-refractivity contribution is 0.0944. The summed E-state index contributed by atoms with van der Waals surface area (Å²) in [7, 11) is 0. The molecule has 0 saturated carbocycles. The predicted molar refractivity (Wildman–Crippen MR) is 136 cm³/mol. The fourth-order valence-electron chi connectivity index (χ4n) is 4.75. The lowest BCUT2D eigenvalue weighted by atomic mass is 9.90. The standard InChI is InChI=1S/C27H28ClN5O/c1-2-24-26(33-18-22(28)5-8-25(33)31-24)27(34)30-17-19-3-6-23(7-4-19)32-15-11-21(12-16-32)20-9-13-29-14-10-20/h3-10,13-14,18,21H,2,11-12,15-17H2,1H3,(H,30,34). The molecule has 1 N–H and O–H groups in total. The van der Waals surface area contributed by atoms with Crippen LogP contribution in [0.1, 0.15) is 53.0 Å². The van der Waals surface area contributed by atoms with Gasteiger partial charge in [0.2, 0.25) is 0 Å². The van der Waals surface area contributed by atoms with Gasteiger partial charge in [-0.05, 0) is 72.7 Å². The third kappa shape index (κ3) is 4.64. The number of nitrogens with zero attached hydrogens (tertiary/aromatic N) is 4. The SMILES string of the molecule is CCc1nc2ccc(Cl)cn2c1C(=O)NCc1ccc(N2CCC(c3ccncc3)CC2)cc1. The molecule has 4 heterocycles. The van der Waals surface area contributed by atoms with Crippen LogP contribution in [-0.4, -0.2) is 33.4 Å². The normalized spacial score (nSPS) is 14.5. The molecule has 0 atom stereocenters. The first kappa shape index (κ1) is 22.4. The van der Waals surface area contributed by atoms with E-state index in [9.17, 15) is 4.79 Å². The molecule has 4 aromatic rings. The molecule has 174 valence electrons. The van der Waals surface area contributed by atoms with Crippen molar-refractivity contribution in [1.29, 1.82) is 0 Å². The van der Waals surface area contributed by atoms with E-state index in [1.165, 1.54) is 11.3 Å². The summed E-state index contributed by atoms with van der Waals surface area (Å²) >= 11 is 6.15. The van der Waals surface area contributed by atoms with E-state index >= 15 is 0 Å². The number of nitrogens with one attached hydrogen (secondary N) is 1. The number of piperidine rings is 1. The number of halogens is 1. The van der Waals surface area contributed by atoms with Crippen LogP contribution in [-0.2, 0) is 13.0 Å². The maximum Gasteiger partial charge on any atom is 0.270 e. The average Bonchev–Trinajstić information content (AvgIpc) is 3.26. The van der Waals surface area contributed by atoms with Crippen molar-refractivity contribution in [3.05, 3.63) is 94.7 Å². The zero-order valence-corrected chi connectivity index (χ0v) is 20.0. The minimum absolute atomic E-state index is 0.145. The van der Waals surface area contributed by atoms with Gasteiger partial charge in [0.15, 0.2) is 0 Å². The zero-order chi connectivity index (χ0) is 23.5. The van der Waals surface area contributed by atoms with Crippen molar-refractivity contribution in [2.24, 2.45) is 0 Å². The van der Waals surface area contributed by atoms with Crippen LogP contribution in [0.5, 0.6) is 0 Å². The number of hydrogen-bond acceptors (Lipinski definition) is 4. The average molecular weight is 474 g/mol. The van der Waals surface area contributed by atoms with Gasteiger partial charge in [-0.25, -0.2) is 4.98 Å². The first-order chi connectivity index (χ1) is 16.6. The van der Waals surface area contributed by atoms with Crippen molar-refractivity contribution in [3.8, 4) is 0 Å². The van der Waals surface area contributed by atoms with Crippen LogP contribution in [0, 0.1) is 0 Å². The number of aryl methyl sites for hydroxylation is 1. The second kappa shape index (κ2) is 9.85. The third-order valence-corrected chi connectivity index (χ3v) is 6.86. The molecule has 0 unspecified atom stereocenters. The predicted octanol–water partition coefficient (Wildman–Crippen LogP) is 5.26. The topological polar surface area (TPSA) is 62.5 Å². The highest BCUT2D eigenvalue weighted by atomic mass is 35.5. The van der Waals surface area contributed by atoms with Crippen molar-refractivity contribution < 1.29 is 4.79 Å². The van der Waals surface area contributed by atoms with Gasteiger partial charge in [0.25, 0.3) is 5.91 Å². The van der Waals surface area contributed by atoms with Gasteiger partial charge in [0.05, 0.1) is 10.7 Å². The van der Waals surface area contributed by atoms with Crippen LogP contribution in [0.4, 0.5) is 5.69 Å². The van der Waals surface area contributed by atoms with Gasteiger partial charge in [-0.2, -0.15) is 0 Å². The van der Waals surface area contributed by atoms with E-state index in [1.54, 1.807) is 16.7 Å². The van der Waals surface area contributed by atoms with Gasteiger partial charge in [-0.3, -0.25) is 14.2 Å². The molecule has 3 aromatic heterocycles. The molecule has 5 rings (SSSR count). The Hall–Kier alpha value is -3.38. The number of rotatable bonds is 6. The lowest BCUT2D eigenvalue weighted by Crippen LogP contribution is -2.32. The number of aromatic nitrogens is 3. The Morgan fingerprint density at radius 2 is 1.79 bits per heavy atom. The Kier molecular flexibility index (Phi) is 6.50. The number of benzene rings is 1. The Morgan fingerprint density at radius 1 is 1.06 bits per heavy atom. The molecular weight excluding hydrogens is 446 g/mol. The van der Waals surface area contributed by atoms with Crippen LogP contribution in [0.25, 0.3) is 5.65 Å². The maximum atomic E-state index is 13.0. The largest absolute Gasteiger partial charge is 0.371 e. The zero-order valence-electron chi connectivity index (χ0n) is 19.2. The van der Waals surface area contributed by atoms with E-state index < -0.39 is 0 Å². The Balaban J connectivity index is 1.21. The molecule has 7 heteroatoms. The van der Waals surface area contributed by atoms with E-state index in [2.05, 4.69) is 56.6 Å². The number of fused-ring (bicyclic) bond motifs is 1. The van der Waals surface area contributed by atoms with Gasteiger partial charge < -0.3 is 10.2 Å². The molecular formula is C27H28ClN5O. The summed E-state index contributed by atoms with van der Waals surface area (Å²) < 4.78 is 1.77. The summed E-state index contributed by atoms with van der Waals surface area (Å²) in [5.74, 6) is 0.463. The Labute approximate surface area is 204 Å². The minimum atomic E-state index is -0.145. The maximum absolute atomic E-state index is 13.0. The molecule has 6 nitrogen and oxygen atoms in total. The highest BCUT2D eigenvalue weighted by Crippen LogP contribution is 2.30. The fraction of sp³-hybridized carbons (Fsp3) is 0.296. The number of amides is 1. The molecule has 0 bridgehead atoms. The quantitative estimate of drug-likeness (QED) is 0.415. The number of imidazole rings is 1. The molecule has 0 aliphatic carbocycles. The van der Waals surface area contributed by atoms with Crippen LogP contribution < -0.4 is 10.2 Å². The number of carbonyl (C=O) groups is 1. The molecule has 1 aromatic carbocycles. The van der Waals surface area contributed by atoms with Crippen molar-refractivity contribution >= 4 is 28.8 Å². The first-order valence-corrected chi connectivity index (χ1v) is 12.2. The van der Waals surface area contributed by atoms with Crippen molar-refractivity contribution in [3.63, 3.8) is 0 Å². The molecule has 34 heavy (non-hydrogen) atoms. The summed E-state index contributed by atoms with van der Waals surface area (Å²) in [5, 5.41) is 3.62. The van der Waals surface area contributed by atoms with Crippen molar-refractivity contribution in [2.75, 3.05) is 18.0 Å².